The zero-order chi connectivity index (χ0) is 23.7. The topological polar surface area (TPSA) is 95.2 Å². The third kappa shape index (κ3) is 3.80. The number of aromatic nitrogens is 3. The smallest absolute Gasteiger partial charge is 0.339 e. The molecule has 8 nitrogen and oxygen atoms in total. The summed E-state index contributed by atoms with van der Waals surface area (Å²) in [4.78, 5) is 38.5. The summed E-state index contributed by atoms with van der Waals surface area (Å²) in [5.74, 6) is -0.862. The third-order valence-electron chi connectivity index (χ3n) is 5.81. The molecule has 33 heavy (non-hydrogen) atoms. The van der Waals surface area contributed by atoms with Crippen LogP contribution >= 0.6 is 0 Å². The van der Waals surface area contributed by atoms with Gasteiger partial charge in [-0.25, -0.2) is 4.79 Å². The first kappa shape index (κ1) is 22.0. The van der Waals surface area contributed by atoms with Crippen molar-refractivity contribution in [3.05, 3.63) is 88.1 Å². The molecule has 1 N–H and O–H groups in total. The maximum Gasteiger partial charge on any atom is 0.339 e. The fraction of sp³-hybridized carbons (Fsp3) is 0.200. The second kappa shape index (κ2) is 8.74. The largest absolute Gasteiger partial charge is 0.465 e. The Balaban J connectivity index is 1.74. The predicted molar refractivity (Wildman–Crippen MR) is 126 cm³/mol. The highest BCUT2D eigenvalue weighted by atomic mass is 16.5. The lowest BCUT2D eigenvalue weighted by molar-refractivity contribution is -0.118. The van der Waals surface area contributed by atoms with Crippen LogP contribution in [0, 0.1) is 13.8 Å². The van der Waals surface area contributed by atoms with E-state index in [1.165, 1.54) is 11.8 Å². The summed E-state index contributed by atoms with van der Waals surface area (Å²) in [5.41, 5.74) is 2.48. The molecule has 0 fully saturated rings. The van der Waals surface area contributed by atoms with E-state index in [-0.39, 0.29) is 17.0 Å². The number of para-hydroxylation sites is 2. The maximum absolute atomic E-state index is 13.3. The average molecular weight is 444 g/mol. The zero-order valence-electron chi connectivity index (χ0n) is 18.8. The number of esters is 1. The standard InChI is InChI=1S/C25H24N4O4/c1-15-20-14-26-29(18-10-6-5-7-11-18)24(31)22(20)16(2)28(15)17(3)23(30)27-21-13-9-8-12-19(21)25(32)33-4/h5-14,17H,1-4H3,(H,27,30). The quantitative estimate of drug-likeness (QED) is 0.473. The van der Waals surface area contributed by atoms with Crippen molar-refractivity contribution in [2.45, 2.75) is 26.8 Å². The molecule has 2 heterocycles. The number of anilines is 1. The van der Waals surface area contributed by atoms with Crippen molar-refractivity contribution >= 4 is 28.3 Å². The van der Waals surface area contributed by atoms with E-state index in [0.717, 1.165) is 5.69 Å². The van der Waals surface area contributed by atoms with E-state index in [1.54, 1.807) is 37.4 Å². The van der Waals surface area contributed by atoms with Crippen LogP contribution in [0.3, 0.4) is 0 Å². The summed E-state index contributed by atoms with van der Waals surface area (Å²) in [7, 11) is 1.29. The van der Waals surface area contributed by atoms with Gasteiger partial charge in [0.2, 0.25) is 5.91 Å². The van der Waals surface area contributed by atoms with Gasteiger partial charge in [0.1, 0.15) is 6.04 Å². The first-order chi connectivity index (χ1) is 15.8. The van der Waals surface area contributed by atoms with E-state index < -0.39 is 12.0 Å². The number of carbonyl (C=O) groups is 2. The van der Waals surface area contributed by atoms with Crippen LogP contribution in [0.25, 0.3) is 16.5 Å². The van der Waals surface area contributed by atoms with Crippen molar-refractivity contribution < 1.29 is 14.3 Å². The summed E-state index contributed by atoms with van der Waals surface area (Å²) in [6.07, 6.45) is 1.65. The van der Waals surface area contributed by atoms with Gasteiger partial charge in [0.05, 0.1) is 35.6 Å². The molecule has 0 aliphatic carbocycles. The molecule has 0 spiro atoms. The number of rotatable bonds is 5. The fourth-order valence-corrected chi connectivity index (χ4v) is 4.15. The molecule has 0 aliphatic heterocycles. The highest BCUT2D eigenvalue weighted by Crippen LogP contribution is 2.27. The van der Waals surface area contributed by atoms with Crippen molar-refractivity contribution in [1.29, 1.82) is 0 Å². The monoisotopic (exact) mass is 444 g/mol. The number of nitrogens with one attached hydrogen (secondary N) is 1. The number of ether oxygens (including phenoxy) is 1. The zero-order valence-corrected chi connectivity index (χ0v) is 18.8. The molecule has 4 aromatic rings. The second-order valence-corrected chi connectivity index (χ2v) is 7.73. The summed E-state index contributed by atoms with van der Waals surface area (Å²) >= 11 is 0. The number of hydrogen-bond donors (Lipinski definition) is 1. The van der Waals surface area contributed by atoms with Gasteiger partial charge in [-0.05, 0) is 45.0 Å². The van der Waals surface area contributed by atoms with Crippen molar-refractivity contribution in [3.8, 4) is 5.69 Å². The Hall–Kier alpha value is -4.20. The van der Waals surface area contributed by atoms with Crippen molar-refractivity contribution in [2.75, 3.05) is 12.4 Å². The number of amides is 1. The minimum absolute atomic E-state index is 0.248. The van der Waals surface area contributed by atoms with Crippen molar-refractivity contribution in [1.82, 2.24) is 14.3 Å². The van der Waals surface area contributed by atoms with Gasteiger partial charge in [-0.2, -0.15) is 9.78 Å². The summed E-state index contributed by atoms with van der Waals surface area (Å²) in [6, 6.07) is 15.2. The predicted octanol–water partition coefficient (Wildman–Crippen LogP) is 3.79. The van der Waals surface area contributed by atoms with Crippen molar-refractivity contribution in [2.24, 2.45) is 0 Å². The van der Waals surface area contributed by atoms with Crippen LogP contribution in [0.2, 0.25) is 0 Å². The molecule has 0 radical (unpaired) electrons. The number of benzene rings is 2. The molecule has 1 unspecified atom stereocenters. The number of aryl methyl sites for hydroxylation is 2. The lowest BCUT2D eigenvalue weighted by Crippen LogP contribution is -2.26. The van der Waals surface area contributed by atoms with E-state index in [1.807, 2.05) is 48.7 Å². The minimum Gasteiger partial charge on any atom is -0.465 e. The van der Waals surface area contributed by atoms with Gasteiger partial charge in [-0.15, -0.1) is 0 Å². The number of carbonyl (C=O) groups excluding carboxylic acids is 2. The Kier molecular flexibility index (Phi) is 5.83. The Morgan fingerprint density at radius 2 is 1.67 bits per heavy atom. The molecule has 0 bridgehead atoms. The molecule has 2 aromatic carbocycles. The van der Waals surface area contributed by atoms with E-state index in [2.05, 4.69) is 10.4 Å². The lowest BCUT2D eigenvalue weighted by atomic mass is 10.1. The molecule has 0 aliphatic rings. The molecule has 2 aromatic heterocycles. The lowest BCUT2D eigenvalue weighted by Gasteiger charge is -2.19. The summed E-state index contributed by atoms with van der Waals surface area (Å²) in [6.45, 7) is 5.42. The van der Waals surface area contributed by atoms with Crippen LogP contribution in [-0.2, 0) is 9.53 Å². The van der Waals surface area contributed by atoms with Crippen LogP contribution in [0.15, 0.2) is 65.6 Å². The minimum atomic E-state index is -0.646. The van der Waals surface area contributed by atoms with Crippen LogP contribution < -0.4 is 10.9 Å². The number of methoxy groups -OCH3 is 1. The van der Waals surface area contributed by atoms with Crippen LogP contribution in [0.5, 0.6) is 0 Å². The van der Waals surface area contributed by atoms with Gasteiger partial charge in [0.15, 0.2) is 0 Å². The molecular weight excluding hydrogens is 420 g/mol. The summed E-state index contributed by atoms with van der Waals surface area (Å²) < 4.78 is 7.98. The third-order valence-corrected chi connectivity index (χ3v) is 5.81. The normalized spacial score (nSPS) is 11.9. The van der Waals surface area contributed by atoms with Gasteiger partial charge in [0.25, 0.3) is 5.56 Å². The Morgan fingerprint density at radius 1 is 1.00 bits per heavy atom. The molecular formula is C25H24N4O4. The van der Waals surface area contributed by atoms with Gasteiger partial charge in [0, 0.05) is 16.8 Å². The van der Waals surface area contributed by atoms with E-state index in [0.29, 0.717) is 27.8 Å². The molecule has 0 saturated carbocycles. The number of nitrogens with zero attached hydrogens (tertiary/aromatic N) is 3. The van der Waals surface area contributed by atoms with E-state index >= 15 is 0 Å². The second-order valence-electron chi connectivity index (χ2n) is 7.73. The van der Waals surface area contributed by atoms with Crippen LogP contribution in [0.4, 0.5) is 5.69 Å². The van der Waals surface area contributed by atoms with Crippen LogP contribution in [0.1, 0.15) is 34.7 Å². The van der Waals surface area contributed by atoms with Crippen molar-refractivity contribution in [3.63, 3.8) is 0 Å². The SMILES string of the molecule is COC(=O)c1ccccc1NC(=O)C(C)n1c(C)c2cnn(-c3ccccc3)c(=O)c2c1C. The Labute approximate surface area is 190 Å². The molecule has 1 atom stereocenters. The first-order valence-electron chi connectivity index (χ1n) is 10.5. The number of fused-ring (bicyclic) bond motifs is 1. The molecule has 8 heteroatoms. The Morgan fingerprint density at radius 3 is 2.36 bits per heavy atom. The van der Waals surface area contributed by atoms with Gasteiger partial charge >= 0.3 is 5.97 Å². The molecule has 4 rings (SSSR count). The number of hydrogen-bond acceptors (Lipinski definition) is 5. The van der Waals surface area contributed by atoms with Gasteiger partial charge in [-0.3, -0.25) is 9.59 Å². The van der Waals surface area contributed by atoms with E-state index in [9.17, 15) is 14.4 Å². The summed E-state index contributed by atoms with van der Waals surface area (Å²) in [5, 5.41) is 8.37. The fourth-order valence-electron chi connectivity index (χ4n) is 4.15. The first-order valence-corrected chi connectivity index (χ1v) is 10.5. The van der Waals surface area contributed by atoms with Gasteiger partial charge in [-0.1, -0.05) is 30.3 Å². The molecule has 1 amide bonds. The highest BCUT2D eigenvalue weighted by Gasteiger charge is 2.25. The van der Waals surface area contributed by atoms with Gasteiger partial charge < -0.3 is 14.6 Å². The highest BCUT2D eigenvalue weighted by molar-refractivity contribution is 6.02. The maximum atomic E-state index is 13.3. The molecule has 168 valence electrons. The van der Waals surface area contributed by atoms with Crippen LogP contribution in [-0.4, -0.2) is 33.3 Å². The Bertz CT molecular complexity index is 1420. The average Bonchev–Trinajstić information content (AvgIpc) is 3.09. The molecule has 0 saturated heterocycles. The van der Waals surface area contributed by atoms with E-state index in [4.69, 9.17) is 4.74 Å².